The maximum absolute atomic E-state index is 11.8. The molecule has 1 rings (SSSR count). The average Bonchev–Trinajstić information content (AvgIpc) is 2.30. The molecule has 0 atom stereocenters. The standard InChI is InChI=1S/C11H14BrNO4S/c1-17-11(14)4-5-18(15,16)7-8-2-3-9(13)6-10(8)12/h2-3,6H,4-5,7,13H2,1H3. The maximum Gasteiger partial charge on any atom is 0.306 e. The molecule has 0 bridgehead atoms. The van der Waals surface area contributed by atoms with E-state index in [-0.39, 0.29) is 17.9 Å². The number of carbonyl (C=O) groups excluding carboxylic acids is 1. The highest BCUT2D eigenvalue weighted by Gasteiger charge is 2.16. The molecule has 0 unspecified atom stereocenters. The normalized spacial score (nSPS) is 11.2. The van der Waals surface area contributed by atoms with Crippen molar-refractivity contribution < 1.29 is 17.9 Å². The Morgan fingerprint density at radius 2 is 2.11 bits per heavy atom. The molecule has 0 spiro atoms. The molecule has 0 heterocycles. The lowest BCUT2D eigenvalue weighted by atomic mass is 10.2. The number of esters is 1. The fraction of sp³-hybridized carbons (Fsp3) is 0.364. The third-order valence-electron chi connectivity index (χ3n) is 2.30. The van der Waals surface area contributed by atoms with Crippen molar-refractivity contribution in [3.63, 3.8) is 0 Å². The van der Waals surface area contributed by atoms with Crippen LogP contribution < -0.4 is 5.73 Å². The van der Waals surface area contributed by atoms with Crippen molar-refractivity contribution in [1.29, 1.82) is 0 Å². The van der Waals surface area contributed by atoms with Crippen LogP contribution in [0.3, 0.4) is 0 Å². The van der Waals surface area contributed by atoms with Crippen LogP contribution in [0, 0.1) is 0 Å². The molecule has 0 amide bonds. The minimum absolute atomic E-state index is 0.134. The first-order chi connectivity index (χ1) is 8.34. The fourth-order valence-corrected chi connectivity index (χ4v) is 3.40. The van der Waals surface area contributed by atoms with Crippen molar-refractivity contribution in [2.24, 2.45) is 0 Å². The molecule has 5 nitrogen and oxygen atoms in total. The van der Waals surface area contributed by atoms with Gasteiger partial charge in [-0.3, -0.25) is 4.79 Å². The molecule has 7 heteroatoms. The first kappa shape index (κ1) is 15.0. The first-order valence-electron chi connectivity index (χ1n) is 5.15. The predicted molar refractivity (Wildman–Crippen MR) is 72.7 cm³/mol. The van der Waals surface area contributed by atoms with Crippen LogP contribution in [0.1, 0.15) is 12.0 Å². The fourth-order valence-electron chi connectivity index (χ4n) is 1.33. The van der Waals surface area contributed by atoms with Crippen molar-refractivity contribution >= 4 is 37.4 Å². The zero-order chi connectivity index (χ0) is 13.8. The van der Waals surface area contributed by atoms with Crippen LogP contribution in [0.5, 0.6) is 0 Å². The molecule has 0 aliphatic heterocycles. The molecule has 0 aromatic heterocycles. The van der Waals surface area contributed by atoms with E-state index in [9.17, 15) is 13.2 Å². The average molecular weight is 336 g/mol. The number of ether oxygens (including phenoxy) is 1. The molecular weight excluding hydrogens is 322 g/mol. The largest absolute Gasteiger partial charge is 0.469 e. The van der Waals surface area contributed by atoms with Gasteiger partial charge in [-0.2, -0.15) is 0 Å². The van der Waals surface area contributed by atoms with Crippen LogP contribution in [-0.2, 0) is 25.1 Å². The zero-order valence-corrected chi connectivity index (χ0v) is 12.3. The lowest BCUT2D eigenvalue weighted by molar-refractivity contribution is -0.140. The van der Waals surface area contributed by atoms with Crippen LogP contribution in [0.25, 0.3) is 0 Å². The van der Waals surface area contributed by atoms with E-state index in [1.54, 1.807) is 18.2 Å². The Hall–Kier alpha value is -1.08. The number of benzene rings is 1. The van der Waals surface area contributed by atoms with E-state index < -0.39 is 15.8 Å². The summed E-state index contributed by atoms with van der Waals surface area (Å²) >= 11 is 3.26. The van der Waals surface area contributed by atoms with Crippen molar-refractivity contribution in [2.45, 2.75) is 12.2 Å². The Morgan fingerprint density at radius 3 is 2.67 bits per heavy atom. The monoisotopic (exact) mass is 335 g/mol. The van der Waals surface area contributed by atoms with Gasteiger partial charge in [0.05, 0.1) is 25.0 Å². The van der Waals surface area contributed by atoms with Gasteiger partial charge in [-0.25, -0.2) is 8.42 Å². The first-order valence-corrected chi connectivity index (χ1v) is 7.76. The summed E-state index contributed by atoms with van der Waals surface area (Å²) in [6.45, 7) is 0. The number of hydrogen-bond acceptors (Lipinski definition) is 5. The molecule has 1 aromatic rings. The number of nitrogens with two attached hydrogens (primary N) is 1. The third-order valence-corrected chi connectivity index (χ3v) is 4.61. The molecule has 0 aliphatic rings. The highest BCUT2D eigenvalue weighted by atomic mass is 79.9. The number of anilines is 1. The minimum atomic E-state index is -3.35. The third kappa shape index (κ3) is 4.66. The van der Waals surface area contributed by atoms with Gasteiger partial charge in [0.15, 0.2) is 9.84 Å². The number of nitrogen functional groups attached to an aromatic ring is 1. The smallest absolute Gasteiger partial charge is 0.306 e. The van der Waals surface area contributed by atoms with Crippen molar-refractivity contribution in [2.75, 3.05) is 18.6 Å². The topological polar surface area (TPSA) is 86.5 Å². The van der Waals surface area contributed by atoms with E-state index in [0.717, 1.165) is 0 Å². The molecule has 0 radical (unpaired) electrons. The Balaban J connectivity index is 2.73. The summed E-state index contributed by atoms with van der Waals surface area (Å²) in [6.07, 6.45) is -0.134. The van der Waals surface area contributed by atoms with Gasteiger partial charge in [0.2, 0.25) is 0 Å². The summed E-state index contributed by atoms with van der Waals surface area (Å²) in [6, 6.07) is 4.93. The Morgan fingerprint density at radius 1 is 1.44 bits per heavy atom. The van der Waals surface area contributed by atoms with Gasteiger partial charge < -0.3 is 10.5 Å². The van der Waals surface area contributed by atoms with Gasteiger partial charge in [-0.15, -0.1) is 0 Å². The highest BCUT2D eigenvalue weighted by Crippen LogP contribution is 2.22. The minimum Gasteiger partial charge on any atom is -0.469 e. The Bertz CT molecular complexity index is 542. The van der Waals surface area contributed by atoms with Crippen LogP contribution in [0.2, 0.25) is 0 Å². The Kier molecular flexibility index (Phi) is 5.15. The van der Waals surface area contributed by atoms with Gasteiger partial charge in [0, 0.05) is 10.2 Å². The van der Waals surface area contributed by atoms with Gasteiger partial charge in [0.1, 0.15) is 0 Å². The Labute approximate surface area is 114 Å². The number of halogens is 1. The summed E-state index contributed by atoms with van der Waals surface area (Å²) in [5.74, 6) is -0.892. The van der Waals surface area contributed by atoms with Crippen molar-refractivity contribution in [1.82, 2.24) is 0 Å². The van der Waals surface area contributed by atoms with Gasteiger partial charge >= 0.3 is 5.97 Å². The summed E-state index contributed by atoms with van der Waals surface area (Å²) in [5, 5.41) is 0. The zero-order valence-electron chi connectivity index (χ0n) is 9.85. The van der Waals surface area contributed by atoms with E-state index in [0.29, 0.717) is 15.7 Å². The SMILES string of the molecule is COC(=O)CCS(=O)(=O)Cc1ccc(N)cc1Br. The summed E-state index contributed by atoms with van der Waals surface area (Å²) in [4.78, 5) is 10.9. The summed E-state index contributed by atoms with van der Waals surface area (Å²) in [7, 11) is -2.12. The van der Waals surface area contributed by atoms with Gasteiger partial charge in [0.25, 0.3) is 0 Å². The van der Waals surface area contributed by atoms with Crippen LogP contribution >= 0.6 is 15.9 Å². The molecule has 1 aromatic carbocycles. The number of hydrogen-bond donors (Lipinski definition) is 1. The molecule has 18 heavy (non-hydrogen) atoms. The summed E-state index contributed by atoms with van der Waals surface area (Å²) in [5.41, 5.74) is 6.74. The second-order valence-electron chi connectivity index (χ2n) is 3.77. The molecular formula is C11H14BrNO4S. The molecule has 0 fully saturated rings. The van der Waals surface area contributed by atoms with Gasteiger partial charge in [-0.1, -0.05) is 22.0 Å². The second-order valence-corrected chi connectivity index (χ2v) is 6.81. The van der Waals surface area contributed by atoms with E-state index in [1.165, 1.54) is 7.11 Å². The molecule has 2 N–H and O–H groups in total. The van der Waals surface area contributed by atoms with Crippen LogP contribution in [0.15, 0.2) is 22.7 Å². The number of rotatable bonds is 5. The lowest BCUT2D eigenvalue weighted by Crippen LogP contribution is -2.14. The molecule has 0 saturated carbocycles. The number of sulfone groups is 1. The van der Waals surface area contributed by atoms with Crippen molar-refractivity contribution in [3.05, 3.63) is 28.2 Å². The molecule has 0 aliphatic carbocycles. The van der Waals surface area contributed by atoms with Crippen molar-refractivity contribution in [3.8, 4) is 0 Å². The molecule has 100 valence electrons. The maximum atomic E-state index is 11.8. The predicted octanol–water partition coefficient (Wildman–Crippen LogP) is 1.51. The van der Waals surface area contributed by atoms with E-state index in [4.69, 9.17) is 5.73 Å². The number of carbonyl (C=O) groups is 1. The summed E-state index contributed by atoms with van der Waals surface area (Å²) < 4.78 is 28.6. The van der Waals surface area contributed by atoms with Crippen LogP contribution in [0.4, 0.5) is 5.69 Å². The quantitative estimate of drug-likeness (QED) is 0.651. The van der Waals surface area contributed by atoms with E-state index in [2.05, 4.69) is 20.7 Å². The van der Waals surface area contributed by atoms with E-state index in [1.807, 2.05) is 0 Å². The molecule has 0 saturated heterocycles. The van der Waals surface area contributed by atoms with E-state index >= 15 is 0 Å². The lowest BCUT2D eigenvalue weighted by Gasteiger charge is -2.06. The van der Waals surface area contributed by atoms with Gasteiger partial charge in [-0.05, 0) is 17.7 Å². The van der Waals surface area contributed by atoms with Crippen LogP contribution in [-0.4, -0.2) is 27.2 Å². The second kappa shape index (κ2) is 6.19. The highest BCUT2D eigenvalue weighted by molar-refractivity contribution is 9.10. The number of methoxy groups -OCH3 is 1.